The average molecular weight is 252 g/mol. The first-order valence-electron chi connectivity index (χ1n) is 6.58. The fraction of sp³-hybridized carbons (Fsp3) is 0.600. The van der Waals surface area contributed by atoms with Crippen molar-refractivity contribution in [1.29, 1.82) is 0 Å². The first-order chi connectivity index (χ1) is 8.59. The summed E-state index contributed by atoms with van der Waals surface area (Å²) in [5.74, 6) is -0.265. The van der Waals surface area contributed by atoms with E-state index in [9.17, 15) is 9.50 Å². The van der Waals surface area contributed by atoms with Gasteiger partial charge in [-0.15, -0.1) is 0 Å². The summed E-state index contributed by atoms with van der Waals surface area (Å²) in [7, 11) is 1.66. The van der Waals surface area contributed by atoms with Crippen molar-refractivity contribution in [3.8, 4) is 0 Å². The van der Waals surface area contributed by atoms with E-state index in [0.717, 1.165) is 36.8 Å². The lowest BCUT2D eigenvalue weighted by atomic mass is 9.77. The van der Waals surface area contributed by atoms with Crippen LogP contribution >= 0.6 is 0 Å². The molecule has 1 aromatic carbocycles. The molecule has 100 valence electrons. The van der Waals surface area contributed by atoms with E-state index < -0.39 is 11.7 Å². The number of rotatable bonds is 3. The molecule has 3 heteroatoms. The van der Waals surface area contributed by atoms with E-state index in [1.807, 2.05) is 6.92 Å². The van der Waals surface area contributed by atoms with Gasteiger partial charge in [0.15, 0.2) is 0 Å². The van der Waals surface area contributed by atoms with Gasteiger partial charge in [0.25, 0.3) is 0 Å². The van der Waals surface area contributed by atoms with Gasteiger partial charge in [0.05, 0.1) is 5.60 Å². The number of benzene rings is 1. The zero-order valence-electron chi connectivity index (χ0n) is 11.1. The Hall–Kier alpha value is -0.930. The molecule has 1 saturated carbocycles. The summed E-state index contributed by atoms with van der Waals surface area (Å²) in [5, 5.41) is 10.6. The van der Waals surface area contributed by atoms with Gasteiger partial charge < -0.3 is 9.84 Å². The Morgan fingerprint density at radius 2 is 1.94 bits per heavy atom. The van der Waals surface area contributed by atoms with Crippen LogP contribution in [-0.4, -0.2) is 17.8 Å². The van der Waals surface area contributed by atoms with E-state index in [1.54, 1.807) is 13.2 Å². The summed E-state index contributed by atoms with van der Waals surface area (Å²) >= 11 is 0. The molecule has 0 spiro atoms. The first-order valence-corrected chi connectivity index (χ1v) is 6.58. The Labute approximate surface area is 108 Å². The van der Waals surface area contributed by atoms with Crippen LogP contribution in [-0.2, 0) is 4.74 Å². The predicted molar refractivity (Wildman–Crippen MR) is 68.9 cm³/mol. The number of ether oxygens (including phenoxy) is 1. The molecule has 1 aliphatic carbocycles. The van der Waals surface area contributed by atoms with Crippen LogP contribution in [0.3, 0.4) is 0 Å². The highest BCUT2D eigenvalue weighted by Gasteiger charge is 2.40. The lowest BCUT2D eigenvalue weighted by Crippen LogP contribution is -2.40. The molecule has 0 aromatic heterocycles. The summed E-state index contributed by atoms with van der Waals surface area (Å²) < 4.78 is 18.8. The molecule has 0 saturated heterocycles. The first kappa shape index (κ1) is 13.5. The van der Waals surface area contributed by atoms with Crippen molar-refractivity contribution in [2.75, 3.05) is 7.11 Å². The maximum Gasteiger partial charge on any atom is 0.123 e. The largest absolute Gasteiger partial charge is 0.385 e. The number of halogens is 1. The van der Waals surface area contributed by atoms with Gasteiger partial charge in [0.2, 0.25) is 0 Å². The van der Waals surface area contributed by atoms with Gasteiger partial charge >= 0.3 is 0 Å². The predicted octanol–water partition coefficient (Wildman–Crippen LogP) is 3.52. The van der Waals surface area contributed by atoms with Gasteiger partial charge in [-0.3, -0.25) is 0 Å². The second-order valence-electron chi connectivity index (χ2n) is 5.23. The summed E-state index contributed by atoms with van der Waals surface area (Å²) in [4.78, 5) is 0. The molecular weight excluding hydrogens is 231 g/mol. The number of aryl methyl sites for hydroxylation is 1. The molecule has 0 amide bonds. The summed E-state index contributed by atoms with van der Waals surface area (Å²) in [6.45, 7) is 1.83. The molecule has 0 radical (unpaired) electrons. The quantitative estimate of drug-likeness (QED) is 0.892. The van der Waals surface area contributed by atoms with Crippen molar-refractivity contribution in [3.05, 3.63) is 35.1 Å². The van der Waals surface area contributed by atoms with Crippen LogP contribution in [0.15, 0.2) is 18.2 Å². The van der Waals surface area contributed by atoms with Crippen molar-refractivity contribution < 1.29 is 14.2 Å². The molecule has 0 heterocycles. The highest BCUT2D eigenvalue weighted by Crippen LogP contribution is 2.41. The third-order valence-electron chi connectivity index (χ3n) is 4.13. The van der Waals surface area contributed by atoms with Crippen LogP contribution in [0, 0.1) is 12.7 Å². The molecule has 1 fully saturated rings. The van der Waals surface area contributed by atoms with Gasteiger partial charge in [0, 0.05) is 7.11 Å². The second-order valence-corrected chi connectivity index (χ2v) is 5.23. The molecule has 0 bridgehead atoms. The number of hydrogen-bond donors (Lipinski definition) is 1. The Kier molecular flexibility index (Phi) is 4.03. The minimum atomic E-state index is -0.677. The van der Waals surface area contributed by atoms with Crippen molar-refractivity contribution in [1.82, 2.24) is 0 Å². The van der Waals surface area contributed by atoms with Gasteiger partial charge in [-0.05, 0) is 43.0 Å². The monoisotopic (exact) mass is 252 g/mol. The maximum absolute atomic E-state index is 13.1. The van der Waals surface area contributed by atoms with E-state index in [0.29, 0.717) is 0 Å². The second kappa shape index (κ2) is 5.37. The van der Waals surface area contributed by atoms with E-state index in [1.165, 1.54) is 18.6 Å². The Bertz CT molecular complexity index is 411. The van der Waals surface area contributed by atoms with Crippen LogP contribution in [0.5, 0.6) is 0 Å². The van der Waals surface area contributed by atoms with Gasteiger partial charge in [-0.1, -0.05) is 25.3 Å². The van der Waals surface area contributed by atoms with Crippen LogP contribution < -0.4 is 0 Å². The Balaban J connectivity index is 2.30. The van der Waals surface area contributed by atoms with Crippen LogP contribution in [0.1, 0.15) is 49.3 Å². The average Bonchev–Trinajstić information content (AvgIpc) is 2.39. The third kappa shape index (κ3) is 2.43. The number of aliphatic hydroxyl groups excluding tert-OH is 1. The summed E-state index contributed by atoms with van der Waals surface area (Å²) in [6.07, 6.45) is 4.39. The highest BCUT2D eigenvalue weighted by atomic mass is 19.1. The van der Waals surface area contributed by atoms with E-state index in [-0.39, 0.29) is 5.82 Å². The zero-order chi connectivity index (χ0) is 13.2. The topological polar surface area (TPSA) is 29.5 Å². The SMILES string of the molecule is COC1(C(O)c2ccc(F)cc2C)CCCCC1. The number of aliphatic hydroxyl groups is 1. The van der Waals surface area contributed by atoms with E-state index >= 15 is 0 Å². The lowest BCUT2D eigenvalue weighted by molar-refractivity contribution is -0.125. The summed E-state index contributed by atoms with van der Waals surface area (Å²) in [6, 6.07) is 4.53. The van der Waals surface area contributed by atoms with Crippen molar-refractivity contribution in [2.45, 2.75) is 50.7 Å². The van der Waals surface area contributed by atoms with Crippen molar-refractivity contribution in [3.63, 3.8) is 0 Å². The van der Waals surface area contributed by atoms with Crippen LogP contribution in [0.4, 0.5) is 4.39 Å². The molecular formula is C15H21FO2. The van der Waals surface area contributed by atoms with Crippen LogP contribution in [0.25, 0.3) is 0 Å². The zero-order valence-corrected chi connectivity index (χ0v) is 11.1. The van der Waals surface area contributed by atoms with Crippen LogP contribution in [0.2, 0.25) is 0 Å². The summed E-state index contributed by atoms with van der Waals surface area (Å²) in [5.41, 5.74) is 1.06. The number of hydrogen-bond acceptors (Lipinski definition) is 2. The molecule has 2 nitrogen and oxygen atoms in total. The van der Waals surface area contributed by atoms with Crippen molar-refractivity contribution in [2.24, 2.45) is 0 Å². The van der Waals surface area contributed by atoms with E-state index in [2.05, 4.69) is 0 Å². The smallest absolute Gasteiger partial charge is 0.123 e. The maximum atomic E-state index is 13.1. The molecule has 1 aromatic rings. The molecule has 1 unspecified atom stereocenters. The fourth-order valence-electron chi connectivity index (χ4n) is 2.97. The minimum absolute atomic E-state index is 0.265. The molecule has 18 heavy (non-hydrogen) atoms. The van der Waals surface area contributed by atoms with Crippen molar-refractivity contribution >= 4 is 0 Å². The molecule has 1 atom stereocenters. The molecule has 1 N–H and O–H groups in total. The van der Waals surface area contributed by atoms with Gasteiger partial charge in [-0.25, -0.2) is 4.39 Å². The van der Waals surface area contributed by atoms with Gasteiger partial charge in [-0.2, -0.15) is 0 Å². The highest BCUT2D eigenvalue weighted by molar-refractivity contribution is 5.30. The molecule has 1 aliphatic rings. The lowest BCUT2D eigenvalue weighted by Gasteiger charge is -2.40. The molecule has 2 rings (SSSR count). The third-order valence-corrected chi connectivity index (χ3v) is 4.13. The van der Waals surface area contributed by atoms with Gasteiger partial charge in [0.1, 0.15) is 11.9 Å². The standard InChI is InChI=1S/C15H21FO2/c1-11-10-12(16)6-7-13(11)14(17)15(18-2)8-4-3-5-9-15/h6-7,10,14,17H,3-5,8-9H2,1-2H3. The Morgan fingerprint density at radius 1 is 1.28 bits per heavy atom. The number of methoxy groups -OCH3 is 1. The molecule has 0 aliphatic heterocycles. The normalized spacial score (nSPS) is 20.7. The Morgan fingerprint density at radius 3 is 2.50 bits per heavy atom. The minimum Gasteiger partial charge on any atom is -0.385 e. The van der Waals surface area contributed by atoms with E-state index in [4.69, 9.17) is 4.74 Å². The fourth-order valence-corrected chi connectivity index (χ4v) is 2.97.